The first-order chi connectivity index (χ1) is 13.6. The smallest absolute Gasteiger partial charge is 0.256 e. The lowest BCUT2D eigenvalue weighted by atomic mass is 10.0. The first-order valence-electron chi connectivity index (χ1n) is 9.13. The van der Waals surface area contributed by atoms with Crippen molar-refractivity contribution in [3.05, 3.63) is 65.4 Å². The van der Waals surface area contributed by atoms with Crippen LogP contribution in [0.3, 0.4) is 0 Å². The van der Waals surface area contributed by atoms with Gasteiger partial charge in [0.1, 0.15) is 11.4 Å². The molecule has 3 heterocycles. The topological polar surface area (TPSA) is 79.6 Å². The van der Waals surface area contributed by atoms with E-state index in [0.29, 0.717) is 24.3 Å². The molecule has 1 saturated heterocycles. The highest BCUT2D eigenvalue weighted by molar-refractivity contribution is 5.99. The molecule has 2 amide bonds. The molecule has 0 aliphatic carbocycles. The Kier molecular flexibility index (Phi) is 4.77. The van der Waals surface area contributed by atoms with Crippen LogP contribution in [0.5, 0.6) is 0 Å². The molecule has 0 bridgehead atoms. The van der Waals surface area contributed by atoms with E-state index >= 15 is 0 Å². The van der Waals surface area contributed by atoms with Crippen LogP contribution in [0.15, 0.2) is 42.7 Å². The van der Waals surface area contributed by atoms with Crippen LogP contribution in [0.4, 0.5) is 4.39 Å². The molecule has 28 heavy (non-hydrogen) atoms. The minimum atomic E-state index is -0.311. The molecule has 7 nitrogen and oxygen atoms in total. The summed E-state index contributed by atoms with van der Waals surface area (Å²) in [4.78, 5) is 30.7. The van der Waals surface area contributed by atoms with Gasteiger partial charge in [-0.1, -0.05) is 12.1 Å². The zero-order valence-corrected chi connectivity index (χ0v) is 15.4. The molecule has 1 aliphatic heterocycles. The number of aromatic nitrogens is 3. The van der Waals surface area contributed by atoms with Crippen LogP contribution < -0.4 is 5.32 Å². The molecular weight excluding hydrogens is 361 g/mol. The van der Waals surface area contributed by atoms with E-state index in [9.17, 15) is 14.0 Å². The third kappa shape index (κ3) is 3.33. The minimum absolute atomic E-state index is 0.0194. The van der Waals surface area contributed by atoms with E-state index in [1.54, 1.807) is 29.9 Å². The van der Waals surface area contributed by atoms with Crippen molar-refractivity contribution in [3.8, 4) is 0 Å². The molecule has 144 valence electrons. The van der Waals surface area contributed by atoms with Gasteiger partial charge in [0, 0.05) is 32.3 Å². The molecule has 1 aromatic carbocycles. The van der Waals surface area contributed by atoms with Crippen LogP contribution in [-0.2, 0) is 11.2 Å². The maximum atomic E-state index is 13.0. The normalized spacial score (nSPS) is 16.5. The Morgan fingerprint density at radius 2 is 2.04 bits per heavy atom. The van der Waals surface area contributed by atoms with Crippen molar-refractivity contribution in [2.45, 2.75) is 18.8 Å². The van der Waals surface area contributed by atoms with Crippen LogP contribution in [0.25, 0.3) is 5.65 Å². The molecule has 3 aromatic rings. The second kappa shape index (κ2) is 7.38. The van der Waals surface area contributed by atoms with Crippen LogP contribution in [0.1, 0.15) is 34.0 Å². The van der Waals surface area contributed by atoms with Crippen LogP contribution >= 0.6 is 0 Å². The average molecular weight is 381 g/mol. The number of carbonyl (C=O) groups excluding carboxylic acids is 2. The van der Waals surface area contributed by atoms with Gasteiger partial charge in [-0.05, 0) is 30.2 Å². The van der Waals surface area contributed by atoms with Gasteiger partial charge in [-0.25, -0.2) is 13.9 Å². The molecule has 1 aliphatic rings. The van der Waals surface area contributed by atoms with Crippen molar-refractivity contribution in [2.75, 3.05) is 20.1 Å². The molecule has 1 atom stereocenters. The summed E-state index contributed by atoms with van der Waals surface area (Å²) in [6.45, 7) is 1.23. The lowest BCUT2D eigenvalue weighted by molar-refractivity contribution is -0.129. The molecule has 4 rings (SSSR count). The van der Waals surface area contributed by atoms with Crippen molar-refractivity contribution in [1.29, 1.82) is 0 Å². The maximum absolute atomic E-state index is 13.0. The third-order valence-electron chi connectivity index (χ3n) is 5.13. The fourth-order valence-corrected chi connectivity index (χ4v) is 3.63. The van der Waals surface area contributed by atoms with Gasteiger partial charge in [-0.15, -0.1) is 0 Å². The van der Waals surface area contributed by atoms with E-state index in [2.05, 4.69) is 15.4 Å². The number of nitrogens with zero attached hydrogens (tertiary/aromatic N) is 4. The second-order valence-corrected chi connectivity index (χ2v) is 6.87. The molecule has 0 saturated carbocycles. The lowest BCUT2D eigenvalue weighted by Gasteiger charge is -2.17. The number of amides is 2. The van der Waals surface area contributed by atoms with Gasteiger partial charge in [0.05, 0.1) is 18.3 Å². The van der Waals surface area contributed by atoms with Crippen molar-refractivity contribution in [2.24, 2.45) is 0 Å². The fraction of sp³-hybridized carbons (Fsp3) is 0.300. The van der Waals surface area contributed by atoms with Gasteiger partial charge in [0.2, 0.25) is 5.91 Å². The molecule has 0 radical (unpaired) electrons. The molecule has 1 N–H and O–H groups in total. The molecule has 2 aromatic heterocycles. The Bertz CT molecular complexity index is 1030. The molecule has 1 fully saturated rings. The summed E-state index contributed by atoms with van der Waals surface area (Å²) in [6, 6.07) is 7.89. The summed E-state index contributed by atoms with van der Waals surface area (Å²) < 4.78 is 14.7. The van der Waals surface area contributed by atoms with E-state index in [-0.39, 0.29) is 30.0 Å². The Morgan fingerprint density at radius 1 is 1.25 bits per heavy atom. The van der Waals surface area contributed by atoms with Crippen LogP contribution in [-0.4, -0.2) is 51.4 Å². The average Bonchev–Trinajstić information content (AvgIpc) is 3.36. The molecule has 8 heteroatoms. The van der Waals surface area contributed by atoms with Crippen molar-refractivity contribution < 1.29 is 14.0 Å². The molecular formula is C20H20FN5O2. The number of rotatable bonds is 4. The molecule has 0 spiro atoms. The Hall–Kier alpha value is -3.29. The van der Waals surface area contributed by atoms with E-state index in [1.807, 2.05) is 11.0 Å². The number of hydrogen-bond acceptors (Lipinski definition) is 4. The number of carbonyl (C=O) groups is 2. The van der Waals surface area contributed by atoms with Crippen molar-refractivity contribution >= 4 is 17.5 Å². The zero-order chi connectivity index (χ0) is 19.7. The standard InChI is InChI=1S/C20H20FN5O2/c1-22-20(28)16-11-24-26-17(6-8-23-19(16)26)14-7-9-25(12-14)18(27)10-13-2-4-15(21)5-3-13/h2-6,8,11,14H,7,9-10,12H2,1H3,(H,22,28)/t14-/m1/s1. The SMILES string of the molecule is CNC(=O)c1cnn2c([C@@H]3CCN(C(=O)Cc4ccc(F)cc4)C3)ccnc12. The van der Waals surface area contributed by atoms with Crippen LogP contribution in [0, 0.1) is 5.82 Å². The Balaban J connectivity index is 1.51. The van der Waals surface area contributed by atoms with E-state index in [0.717, 1.165) is 17.7 Å². The predicted molar refractivity (Wildman–Crippen MR) is 100 cm³/mol. The fourth-order valence-electron chi connectivity index (χ4n) is 3.63. The summed E-state index contributed by atoms with van der Waals surface area (Å²) >= 11 is 0. The monoisotopic (exact) mass is 381 g/mol. The Morgan fingerprint density at radius 3 is 2.79 bits per heavy atom. The van der Waals surface area contributed by atoms with Gasteiger partial charge in [-0.3, -0.25) is 9.59 Å². The summed E-state index contributed by atoms with van der Waals surface area (Å²) in [7, 11) is 1.57. The predicted octanol–water partition coefficient (Wildman–Crippen LogP) is 1.79. The first-order valence-corrected chi connectivity index (χ1v) is 9.13. The van der Waals surface area contributed by atoms with Gasteiger partial charge in [0.15, 0.2) is 5.65 Å². The zero-order valence-electron chi connectivity index (χ0n) is 15.4. The highest BCUT2D eigenvalue weighted by atomic mass is 19.1. The third-order valence-corrected chi connectivity index (χ3v) is 5.13. The first kappa shape index (κ1) is 18.1. The number of fused-ring (bicyclic) bond motifs is 1. The maximum Gasteiger partial charge on any atom is 0.256 e. The number of benzene rings is 1. The van der Waals surface area contributed by atoms with E-state index in [4.69, 9.17) is 0 Å². The van der Waals surface area contributed by atoms with Crippen LogP contribution in [0.2, 0.25) is 0 Å². The van der Waals surface area contributed by atoms with E-state index < -0.39 is 0 Å². The quantitative estimate of drug-likeness (QED) is 0.747. The van der Waals surface area contributed by atoms with Gasteiger partial charge in [0.25, 0.3) is 5.91 Å². The lowest BCUT2D eigenvalue weighted by Crippen LogP contribution is -2.30. The Labute approximate surface area is 161 Å². The van der Waals surface area contributed by atoms with Crippen molar-refractivity contribution in [1.82, 2.24) is 24.8 Å². The number of hydrogen-bond donors (Lipinski definition) is 1. The second-order valence-electron chi connectivity index (χ2n) is 6.87. The summed E-state index contributed by atoms with van der Waals surface area (Å²) in [5.74, 6) is -0.414. The summed E-state index contributed by atoms with van der Waals surface area (Å²) in [5.41, 5.74) is 2.65. The van der Waals surface area contributed by atoms with Gasteiger partial charge < -0.3 is 10.2 Å². The highest BCUT2D eigenvalue weighted by Gasteiger charge is 2.29. The summed E-state index contributed by atoms with van der Waals surface area (Å²) in [6.07, 6.45) is 4.24. The van der Waals surface area contributed by atoms with Gasteiger partial charge in [-0.2, -0.15) is 5.10 Å². The van der Waals surface area contributed by atoms with E-state index in [1.165, 1.54) is 18.3 Å². The van der Waals surface area contributed by atoms with Crippen molar-refractivity contribution in [3.63, 3.8) is 0 Å². The summed E-state index contributed by atoms with van der Waals surface area (Å²) in [5, 5.41) is 6.92. The minimum Gasteiger partial charge on any atom is -0.355 e. The van der Waals surface area contributed by atoms with Gasteiger partial charge >= 0.3 is 0 Å². The number of halogens is 1. The number of likely N-dealkylation sites (tertiary alicyclic amines) is 1. The molecule has 0 unspecified atom stereocenters. The largest absolute Gasteiger partial charge is 0.355 e. The number of nitrogens with one attached hydrogen (secondary N) is 1. The highest BCUT2D eigenvalue weighted by Crippen LogP contribution is 2.28.